The molecule has 0 saturated heterocycles. The maximum atomic E-state index is 12.3. The molecule has 0 aliphatic heterocycles. The lowest BCUT2D eigenvalue weighted by Gasteiger charge is -2.09. The number of carbonyl (C=O) groups excluding carboxylic acids is 1. The molecule has 0 amide bonds. The Hall–Kier alpha value is -3.29. The van der Waals surface area contributed by atoms with Gasteiger partial charge in [-0.15, -0.1) is 11.3 Å². The standard InChI is InChI=1S/C27H24BrN3O2S/c1-2-33-27(32)10-18-13-31(14-19-15-34-26-6-4-20(28)11-24(19)26)25-9-16(3-5-23(18)25)17-7-21(29)12-22(30)8-17/h3-9,11-13,15H,2,10,14,29-30H2,1H3. The molecule has 3 aromatic carbocycles. The first-order valence-corrected chi connectivity index (χ1v) is 12.7. The molecule has 0 radical (unpaired) electrons. The summed E-state index contributed by atoms with van der Waals surface area (Å²) in [4.78, 5) is 12.3. The molecule has 0 atom stereocenters. The van der Waals surface area contributed by atoms with Crippen LogP contribution in [0.2, 0.25) is 0 Å². The van der Waals surface area contributed by atoms with Gasteiger partial charge >= 0.3 is 5.97 Å². The molecular formula is C27H24BrN3O2S. The molecular weight excluding hydrogens is 510 g/mol. The molecule has 5 nitrogen and oxygen atoms in total. The van der Waals surface area contributed by atoms with Gasteiger partial charge in [-0.3, -0.25) is 4.79 Å². The van der Waals surface area contributed by atoms with Crippen molar-refractivity contribution in [3.8, 4) is 11.1 Å². The number of ether oxygens (including phenoxy) is 1. The fourth-order valence-corrected chi connectivity index (χ4v) is 5.69. The van der Waals surface area contributed by atoms with Gasteiger partial charge in [0.2, 0.25) is 0 Å². The van der Waals surface area contributed by atoms with Gasteiger partial charge in [-0.1, -0.05) is 28.1 Å². The number of aromatic nitrogens is 1. The molecule has 34 heavy (non-hydrogen) atoms. The Morgan fingerprint density at radius 1 is 0.971 bits per heavy atom. The van der Waals surface area contributed by atoms with E-state index in [1.807, 2.05) is 25.1 Å². The van der Waals surface area contributed by atoms with Crippen LogP contribution in [0.5, 0.6) is 0 Å². The number of halogens is 1. The SMILES string of the molecule is CCOC(=O)Cc1cn(Cc2csc3ccc(Br)cc23)c2cc(-c3cc(N)cc(N)c3)ccc12. The summed E-state index contributed by atoms with van der Waals surface area (Å²) in [7, 11) is 0. The van der Waals surface area contributed by atoms with Gasteiger partial charge in [0.25, 0.3) is 0 Å². The number of carbonyl (C=O) groups is 1. The zero-order valence-electron chi connectivity index (χ0n) is 18.7. The predicted octanol–water partition coefficient (Wildman–Crippen LogP) is 6.60. The summed E-state index contributed by atoms with van der Waals surface area (Å²) in [5, 5.41) is 4.47. The van der Waals surface area contributed by atoms with E-state index in [-0.39, 0.29) is 12.4 Å². The first kappa shape index (κ1) is 22.5. The zero-order chi connectivity index (χ0) is 23.8. The molecule has 5 aromatic rings. The van der Waals surface area contributed by atoms with Gasteiger partial charge in [0.05, 0.1) is 13.0 Å². The van der Waals surface area contributed by atoms with Crippen LogP contribution in [0.15, 0.2) is 70.6 Å². The number of nitrogens with two attached hydrogens (primary N) is 2. The van der Waals surface area contributed by atoms with Crippen molar-refractivity contribution in [2.24, 2.45) is 0 Å². The normalized spacial score (nSPS) is 11.4. The van der Waals surface area contributed by atoms with E-state index in [2.05, 4.69) is 62.4 Å². The Morgan fingerprint density at radius 3 is 2.53 bits per heavy atom. The van der Waals surface area contributed by atoms with Gasteiger partial charge in [0.1, 0.15) is 0 Å². The van der Waals surface area contributed by atoms with Crippen LogP contribution in [0.1, 0.15) is 18.1 Å². The third kappa shape index (κ3) is 4.41. The van der Waals surface area contributed by atoms with E-state index in [0.717, 1.165) is 32.1 Å². The predicted molar refractivity (Wildman–Crippen MR) is 145 cm³/mol. The Bertz CT molecular complexity index is 1520. The molecule has 0 aliphatic rings. The van der Waals surface area contributed by atoms with Gasteiger partial charge in [-0.25, -0.2) is 0 Å². The Balaban J connectivity index is 1.63. The van der Waals surface area contributed by atoms with E-state index < -0.39 is 0 Å². The molecule has 2 heterocycles. The van der Waals surface area contributed by atoms with Crippen molar-refractivity contribution < 1.29 is 9.53 Å². The molecule has 0 fully saturated rings. The van der Waals surface area contributed by atoms with Crippen molar-refractivity contribution in [2.45, 2.75) is 19.9 Å². The minimum Gasteiger partial charge on any atom is -0.466 e. The van der Waals surface area contributed by atoms with Crippen molar-refractivity contribution in [3.63, 3.8) is 0 Å². The first-order chi connectivity index (χ1) is 16.4. The van der Waals surface area contributed by atoms with E-state index in [1.54, 1.807) is 17.4 Å². The third-order valence-electron chi connectivity index (χ3n) is 5.87. The number of esters is 1. The second-order valence-electron chi connectivity index (χ2n) is 8.29. The zero-order valence-corrected chi connectivity index (χ0v) is 21.1. The van der Waals surface area contributed by atoms with Crippen molar-refractivity contribution in [2.75, 3.05) is 18.1 Å². The highest BCUT2D eigenvalue weighted by molar-refractivity contribution is 9.10. The van der Waals surface area contributed by atoms with Gasteiger partial charge in [0, 0.05) is 44.2 Å². The number of hydrogen-bond acceptors (Lipinski definition) is 5. The van der Waals surface area contributed by atoms with Gasteiger partial charge in [-0.05, 0) is 82.4 Å². The van der Waals surface area contributed by atoms with Crippen LogP contribution >= 0.6 is 27.3 Å². The van der Waals surface area contributed by atoms with E-state index in [0.29, 0.717) is 24.5 Å². The van der Waals surface area contributed by atoms with Gasteiger partial charge in [-0.2, -0.15) is 0 Å². The molecule has 7 heteroatoms. The number of thiophene rings is 1. The Labute approximate surface area is 210 Å². The summed E-state index contributed by atoms with van der Waals surface area (Å²) < 4.78 is 9.74. The highest BCUT2D eigenvalue weighted by Crippen LogP contribution is 2.33. The summed E-state index contributed by atoms with van der Waals surface area (Å²) in [5.74, 6) is -0.223. The minimum absolute atomic E-state index is 0.223. The third-order valence-corrected chi connectivity index (χ3v) is 7.38. The number of nitrogen functional groups attached to an aromatic ring is 2. The number of nitrogens with zero attached hydrogens (tertiary/aromatic N) is 1. The lowest BCUT2D eigenvalue weighted by molar-refractivity contribution is -0.142. The second kappa shape index (κ2) is 9.16. The average Bonchev–Trinajstić information content (AvgIpc) is 3.34. The fourth-order valence-electron chi connectivity index (χ4n) is 4.39. The van der Waals surface area contributed by atoms with E-state index in [1.165, 1.54) is 15.6 Å². The first-order valence-electron chi connectivity index (χ1n) is 11.0. The van der Waals surface area contributed by atoms with Crippen LogP contribution < -0.4 is 11.5 Å². The smallest absolute Gasteiger partial charge is 0.310 e. The highest BCUT2D eigenvalue weighted by Gasteiger charge is 2.16. The van der Waals surface area contributed by atoms with Crippen LogP contribution in [-0.4, -0.2) is 17.1 Å². The maximum Gasteiger partial charge on any atom is 0.310 e. The minimum atomic E-state index is -0.223. The molecule has 172 valence electrons. The molecule has 0 spiro atoms. The summed E-state index contributed by atoms with van der Waals surface area (Å²) in [5.41, 5.74) is 18.6. The molecule has 0 bridgehead atoms. The Morgan fingerprint density at radius 2 is 1.76 bits per heavy atom. The van der Waals surface area contributed by atoms with Crippen molar-refractivity contribution >= 4 is 65.6 Å². The van der Waals surface area contributed by atoms with Crippen molar-refractivity contribution in [1.82, 2.24) is 4.57 Å². The summed E-state index contributed by atoms with van der Waals surface area (Å²) in [6.45, 7) is 2.89. The summed E-state index contributed by atoms with van der Waals surface area (Å²) in [6, 6.07) is 18.2. The number of rotatable bonds is 6. The molecule has 2 aromatic heterocycles. The number of hydrogen-bond donors (Lipinski definition) is 2. The van der Waals surface area contributed by atoms with Crippen LogP contribution in [0, 0.1) is 0 Å². The second-order valence-corrected chi connectivity index (χ2v) is 10.1. The van der Waals surface area contributed by atoms with E-state index in [4.69, 9.17) is 16.2 Å². The number of fused-ring (bicyclic) bond motifs is 2. The lowest BCUT2D eigenvalue weighted by atomic mass is 10.0. The van der Waals surface area contributed by atoms with Crippen LogP contribution in [0.3, 0.4) is 0 Å². The topological polar surface area (TPSA) is 83.3 Å². The Kier molecular flexibility index (Phi) is 6.06. The van der Waals surface area contributed by atoms with Crippen LogP contribution in [0.25, 0.3) is 32.1 Å². The monoisotopic (exact) mass is 533 g/mol. The summed E-state index contributed by atoms with van der Waals surface area (Å²) in [6.07, 6.45) is 2.30. The lowest BCUT2D eigenvalue weighted by Crippen LogP contribution is -2.07. The van der Waals surface area contributed by atoms with Crippen molar-refractivity contribution in [3.05, 3.63) is 81.8 Å². The van der Waals surface area contributed by atoms with Crippen LogP contribution in [-0.2, 0) is 22.5 Å². The van der Waals surface area contributed by atoms with E-state index in [9.17, 15) is 4.79 Å². The van der Waals surface area contributed by atoms with Gasteiger partial charge in [0.15, 0.2) is 0 Å². The number of anilines is 2. The molecule has 5 rings (SSSR count). The number of benzene rings is 3. The van der Waals surface area contributed by atoms with E-state index >= 15 is 0 Å². The fraction of sp³-hybridized carbons (Fsp3) is 0.148. The molecule has 0 unspecified atom stereocenters. The quantitative estimate of drug-likeness (QED) is 0.190. The average molecular weight is 534 g/mol. The largest absolute Gasteiger partial charge is 0.466 e. The summed E-state index contributed by atoms with van der Waals surface area (Å²) >= 11 is 5.33. The van der Waals surface area contributed by atoms with Crippen molar-refractivity contribution in [1.29, 1.82) is 0 Å². The molecule has 4 N–H and O–H groups in total. The van der Waals surface area contributed by atoms with Crippen LogP contribution in [0.4, 0.5) is 11.4 Å². The van der Waals surface area contributed by atoms with Gasteiger partial charge < -0.3 is 20.8 Å². The maximum absolute atomic E-state index is 12.3. The molecule has 0 saturated carbocycles. The molecule has 0 aliphatic carbocycles. The highest BCUT2D eigenvalue weighted by atomic mass is 79.9.